The van der Waals surface area contributed by atoms with Crippen LogP contribution in [0.1, 0.15) is 37.7 Å². The smallest absolute Gasteiger partial charge is 0.217 e. The first-order chi connectivity index (χ1) is 7.90. The fourth-order valence-corrected chi connectivity index (χ4v) is 2.30. The molecular weight excluding hydrogens is 200 g/mol. The number of nitrogens with zero attached hydrogens (tertiary/aromatic N) is 1. The highest BCUT2D eigenvalue weighted by molar-refractivity contribution is 5.25. The second-order valence-corrected chi connectivity index (χ2v) is 4.39. The molecule has 3 heteroatoms. The molecule has 0 radical (unpaired) electrons. The second-order valence-electron chi connectivity index (χ2n) is 4.39. The Morgan fingerprint density at radius 2 is 2.19 bits per heavy atom. The number of rotatable bonds is 4. The summed E-state index contributed by atoms with van der Waals surface area (Å²) in [7, 11) is 1.67. The van der Waals surface area contributed by atoms with Crippen LogP contribution in [0.25, 0.3) is 0 Å². The monoisotopic (exact) mass is 220 g/mol. The third-order valence-electron chi connectivity index (χ3n) is 3.23. The summed E-state index contributed by atoms with van der Waals surface area (Å²) >= 11 is 0. The van der Waals surface area contributed by atoms with E-state index in [-0.39, 0.29) is 0 Å². The van der Waals surface area contributed by atoms with E-state index >= 15 is 0 Å². The molecule has 1 aliphatic carbocycles. The molecule has 0 atom stereocenters. The van der Waals surface area contributed by atoms with Crippen molar-refractivity contribution in [1.82, 2.24) is 10.3 Å². The van der Waals surface area contributed by atoms with Crippen LogP contribution < -0.4 is 10.1 Å². The quantitative estimate of drug-likeness (QED) is 0.846. The lowest BCUT2D eigenvalue weighted by molar-refractivity contribution is 0.361. The standard InChI is InChI=1S/C13H20N2O/c1-16-13-11(6-5-9-14-13)10-15-12-7-3-2-4-8-12/h5-6,9,12,15H,2-4,7-8,10H2,1H3. The first-order valence-electron chi connectivity index (χ1n) is 6.11. The lowest BCUT2D eigenvalue weighted by Crippen LogP contribution is -2.30. The van der Waals surface area contributed by atoms with E-state index in [2.05, 4.69) is 16.4 Å². The second kappa shape index (κ2) is 5.85. The van der Waals surface area contributed by atoms with Crippen LogP contribution in [0.4, 0.5) is 0 Å². The van der Waals surface area contributed by atoms with Gasteiger partial charge in [-0.3, -0.25) is 0 Å². The predicted octanol–water partition coefficient (Wildman–Crippen LogP) is 2.51. The van der Waals surface area contributed by atoms with E-state index in [0.717, 1.165) is 18.0 Å². The van der Waals surface area contributed by atoms with Crippen LogP contribution in [0, 0.1) is 0 Å². The molecule has 0 bridgehead atoms. The number of pyridine rings is 1. The van der Waals surface area contributed by atoms with Crippen LogP contribution in [0.15, 0.2) is 18.3 Å². The Morgan fingerprint density at radius 3 is 2.94 bits per heavy atom. The van der Waals surface area contributed by atoms with Crippen molar-refractivity contribution in [3.8, 4) is 5.88 Å². The first-order valence-corrected chi connectivity index (χ1v) is 6.11. The molecule has 0 aliphatic heterocycles. The molecular formula is C13H20N2O. The zero-order valence-corrected chi connectivity index (χ0v) is 9.91. The lowest BCUT2D eigenvalue weighted by Gasteiger charge is -2.23. The highest BCUT2D eigenvalue weighted by atomic mass is 16.5. The van der Waals surface area contributed by atoms with Gasteiger partial charge in [-0.25, -0.2) is 4.98 Å². The van der Waals surface area contributed by atoms with Gasteiger partial charge >= 0.3 is 0 Å². The number of hydrogen-bond acceptors (Lipinski definition) is 3. The van der Waals surface area contributed by atoms with Gasteiger partial charge in [0.2, 0.25) is 5.88 Å². The summed E-state index contributed by atoms with van der Waals surface area (Å²) < 4.78 is 5.23. The van der Waals surface area contributed by atoms with Crippen molar-refractivity contribution in [3.63, 3.8) is 0 Å². The highest BCUT2D eigenvalue weighted by Gasteiger charge is 2.13. The van der Waals surface area contributed by atoms with E-state index in [0.29, 0.717) is 6.04 Å². The third-order valence-corrected chi connectivity index (χ3v) is 3.23. The third kappa shape index (κ3) is 2.95. The van der Waals surface area contributed by atoms with Crippen molar-refractivity contribution in [1.29, 1.82) is 0 Å². The van der Waals surface area contributed by atoms with E-state index in [1.807, 2.05) is 6.07 Å². The largest absolute Gasteiger partial charge is 0.481 e. The SMILES string of the molecule is COc1ncccc1CNC1CCCCC1. The first kappa shape index (κ1) is 11.4. The maximum absolute atomic E-state index is 5.23. The maximum atomic E-state index is 5.23. The van der Waals surface area contributed by atoms with Gasteiger partial charge in [-0.05, 0) is 18.9 Å². The number of nitrogens with one attached hydrogen (secondary N) is 1. The minimum atomic E-state index is 0.679. The Bertz CT molecular complexity index is 321. The number of ether oxygens (including phenoxy) is 1. The van der Waals surface area contributed by atoms with Crippen molar-refractivity contribution in [2.75, 3.05) is 7.11 Å². The summed E-state index contributed by atoms with van der Waals surface area (Å²) in [6, 6.07) is 4.71. The predicted molar refractivity (Wildman–Crippen MR) is 64.5 cm³/mol. The molecule has 0 saturated heterocycles. The molecule has 2 rings (SSSR count). The van der Waals surface area contributed by atoms with Crippen molar-refractivity contribution in [2.45, 2.75) is 44.7 Å². The van der Waals surface area contributed by atoms with Gasteiger partial charge in [0, 0.05) is 24.3 Å². The molecule has 0 unspecified atom stereocenters. The van der Waals surface area contributed by atoms with Crippen molar-refractivity contribution in [2.24, 2.45) is 0 Å². The molecule has 1 heterocycles. The molecule has 1 aromatic rings. The van der Waals surface area contributed by atoms with E-state index in [9.17, 15) is 0 Å². The summed E-state index contributed by atoms with van der Waals surface area (Å²) in [5.74, 6) is 0.741. The molecule has 1 aliphatic rings. The van der Waals surface area contributed by atoms with E-state index in [1.165, 1.54) is 32.1 Å². The average Bonchev–Trinajstić information content (AvgIpc) is 2.38. The number of aromatic nitrogens is 1. The molecule has 1 fully saturated rings. The summed E-state index contributed by atoms with van der Waals surface area (Å²) in [5, 5.41) is 3.59. The normalized spacial score (nSPS) is 17.3. The molecule has 0 aromatic carbocycles. The molecule has 16 heavy (non-hydrogen) atoms. The highest BCUT2D eigenvalue weighted by Crippen LogP contribution is 2.19. The Hall–Kier alpha value is -1.09. The van der Waals surface area contributed by atoms with Gasteiger partial charge in [0.25, 0.3) is 0 Å². The Balaban J connectivity index is 1.88. The minimum Gasteiger partial charge on any atom is -0.481 e. The summed E-state index contributed by atoms with van der Waals surface area (Å²) in [4.78, 5) is 4.20. The van der Waals surface area contributed by atoms with Gasteiger partial charge in [-0.15, -0.1) is 0 Å². The van der Waals surface area contributed by atoms with Crippen LogP contribution in [0.3, 0.4) is 0 Å². The van der Waals surface area contributed by atoms with Crippen molar-refractivity contribution in [3.05, 3.63) is 23.9 Å². The van der Waals surface area contributed by atoms with E-state index in [1.54, 1.807) is 13.3 Å². The molecule has 3 nitrogen and oxygen atoms in total. The van der Waals surface area contributed by atoms with Gasteiger partial charge in [-0.2, -0.15) is 0 Å². The maximum Gasteiger partial charge on any atom is 0.217 e. The van der Waals surface area contributed by atoms with Crippen LogP contribution >= 0.6 is 0 Å². The van der Waals surface area contributed by atoms with Gasteiger partial charge in [0.05, 0.1) is 7.11 Å². The fourth-order valence-electron chi connectivity index (χ4n) is 2.30. The van der Waals surface area contributed by atoms with Gasteiger partial charge in [0.15, 0.2) is 0 Å². The van der Waals surface area contributed by atoms with Crippen molar-refractivity contribution >= 4 is 0 Å². The Labute approximate surface area is 97.2 Å². The lowest BCUT2D eigenvalue weighted by atomic mass is 9.95. The van der Waals surface area contributed by atoms with E-state index in [4.69, 9.17) is 4.74 Å². The molecule has 0 amide bonds. The zero-order valence-electron chi connectivity index (χ0n) is 9.91. The van der Waals surface area contributed by atoms with Gasteiger partial charge in [-0.1, -0.05) is 25.3 Å². The topological polar surface area (TPSA) is 34.1 Å². The molecule has 1 N–H and O–H groups in total. The van der Waals surface area contributed by atoms with Crippen LogP contribution in [0.5, 0.6) is 5.88 Å². The van der Waals surface area contributed by atoms with Gasteiger partial charge < -0.3 is 10.1 Å². The summed E-state index contributed by atoms with van der Waals surface area (Å²) in [6.07, 6.45) is 8.51. The molecule has 0 spiro atoms. The molecule has 88 valence electrons. The zero-order chi connectivity index (χ0) is 11.2. The van der Waals surface area contributed by atoms with Crippen LogP contribution in [-0.4, -0.2) is 18.1 Å². The molecule has 1 saturated carbocycles. The number of hydrogen-bond donors (Lipinski definition) is 1. The fraction of sp³-hybridized carbons (Fsp3) is 0.615. The Kier molecular flexibility index (Phi) is 4.17. The van der Waals surface area contributed by atoms with Crippen LogP contribution in [-0.2, 0) is 6.54 Å². The van der Waals surface area contributed by atoms with E-state index < -0.39 is 0 Å². The number of methoxy groups -OCH3 is 1. The average molecular weight is 220 g/mol. The summed E-state index contributed by atoms with van der Waals surface area (Å²) in [6.45, 7) is 0.863. The van der Waals surface area contributed by atoms with Gasteiger partial charge in [0.1, 0.15) is 0 Å². The summed E-state index contributed by atoms with van der Waals surface area (Å²) in [5.41, 5.74) is 1.15. The Morgan fingerprint density at radius 1 is 1.38 bits per heavy atom. The minimum absolute atomic E-state index is 0.679. The molecule has 1 aromatic heterocycles. The van der Waals surface area contributed by atoms with Crippen molar-refractivity contribution < 1.29 is 4.74 Å². The van der Waals surface area contributed by atoms with Crippen LogP contribution in [0.2, 0.25) is 0 Å².